The monoisotopic (exact) mass is 259 g/mol. The van der Waals surface area contributed by atoms with Crippen LogP contribution in [0.2, 0.25) is 0 Å². The minimum absolute atomic E-state index is 0.135. The van der Waals surface area contributed by atoms with Gasteiger partial charge in [0.2, 0.25) is 0 Å². The van der Waals surface area contributed by atoms with Crippen molar-refractivity contribution in [2.45, 2.75) is 6.17 Å². The molecule has 0 amide bonds. The Morgan fingerprint density at radius 3 is 1.94 bits per heavy atom. The zero-order chi connectivity index (χ0) is 14.1. The van der Waals surface area contributed by atoms with Crippen LogP contribution in [0.3, 0.4) is 0 Å². The van der Waals surface area contributed by atoms with Crippen LogP contribution in [0.15, 0.2) is 4.99 Å². The number of guanidine groups is 1. The van der Waals surface area contributed by atoms with E-state index in [1.807, 2.05) is 30.9 Å². The number of hydrogen-bond donors (Lipinski definition) is 3. The lowest BCUT2D eigenvalue weighted by Gasteiger charge is -2.34. The maximum Gasteiger partial charge on any atom is 0.196 e. The van der Waals surface area contributed by atoms with Crippen LogP contribution in [0.1, 0.15) is 0 Å². The molecule has 0 aromatic carbocycles. The summed E-state index contributed by atoms with van der Waals surface area (Å²) < 4.78 is 0. The molecule has 0 spiro atoms. The zero-order valence-corrected chi connectivity index (χ0v) is 12.1. The third-order valence-electron chi connectivity index (χ3n) is 2.75. The molecule has 0 bridgehead atoms. The Kier molecular flexibility index (Phi) is 8.65. The summed E-state index contributed by atoms with van der Waals surface area (Å²) in [6.07, 6.45) is -0.135. The van der Waals surface area contributed by atoms with Crippen LogP contribution in [0.25, 0.3) is 0 Å². The third-order valence-corrected chi connectivity index (χ3v) is 2.75. The zero-order valence-electron chi connectivity index (χ0n) is 12.1. The van der Waals surface area contributed by atoms with Gasteiger partial charge in [-0.1, -0.05) is 0 Å². The largest absolute Gasteiger partial charge is 0.349 e. The molecule has 0 radical (unpaired) electrons. The average Bonchev–Trinajstić information content (AvgIpc) is 2.29. The second-order valence-corrected chi connectivity index (χ2v) is 4.47. The minimum atomic E-state index is -0.135. The molecule has 0 aromatic heterocycles. The number of rotatable bonds is 7. The van der Waals surface area contributed by atoms with Crippen molar-refractivity contribution < 1.29 is 0 Å². The Hall–Kier alpha value is -0.890. The van der Waals surface area contributed by atoms with E-state index in [1.165, 1.54) is 0 Å². The van der Waals surface area contributed by atoms with Crippen molar-refractivity contribution in [3.63, 3.8) is 0 Å². The first-order chi connectivity index (χ1) is 8.47. The van der Waals surface area contributed by atoms with E-state index >= 15 is 0 Å². The van der Waals surface area contributed by atoms with E-state index in [2.05, 4.69) is 9.89 Å². The molecule has 0 fully saturated rings. The normalized spacial score (nSPS) is 13.9. The van der Waals surface area contributed by atoms with Crippen molar-refractivity contribution in [3.05, 3.63) is 0 Å². The number of nitrogens with two attached hydrogens (primary N) is 3. The SMILES string of the molecule is CN=C(N(C)C)N(C)C(N)CN(CCN)CCN. The Bertz CT molecular complexity index is 236. The van der Waals surface area contributed by atoms with Crippen molar-refractivity contribution in [1.82, 2.24) is 14.7 Å². The van der Waals surface area contributed by atoms with Crippen LogP contribution in [0.5, 0.6) is 0 Å². The summed E-state index contributed by atoms with van der Waals surface area (Å²) in [6, 6.07) is 0. The van der Waals surface area contributed by atoms with Crippen molar-refractivity contribution >= 4 is 5.96 Å². The molecular formula is C11H29N7. The lowest BCUT2D eigenvalue weighted by Crippen LogP contribution is -2.54. The van der Waals surface area contributed by atoms with Gasteiger partial charge < -0.3 is 27.0 Å². The Morgan fingerprint density at radius 2 is 1.61 bits per heavy atom. The molecule has 108 valence electrons. The van der Waals surface area contributed by atoms with E-state index in [0.29, 0.717) is 13.1 Å². The highest BCUT2D eigenvalue weighted by molar-refractivity contribution is 5.79. The second kappa shape index (κ2) is 9.09. The molecule has 7 nitrogen and oxygen atoms in total. The van der Waals surface area contributed by atoms with Gasteiger partial charge >= 0.3 is 0 Å². The van der Waals surface area contributed by atoms with Crippen LogP contribution in [0.4, 0.5) is 0 Å². The number of nitrogens with zero attached hydrogens (tertiary/aromatic N) is 4. The van der Waals surface area contributed by atoms with Crippen molar-refractivity contribution in [3.8, 4) is 0 Å². The fraction of sp³-hybridized carbons (Fsp3) is 0.909. The lowest BCUT2D eigenvalue weighted by atomic mass is 10.3. The highest BCUT2D eigenvalue weighted by Crippen LogP contribution is 1.98. The first kappa shape index (κ1) is 17.1. The molecule has 0 rings (SSSR count). The van der Waals surface area contributed by atoms with E-state index in [4.69, 9.17) is 17.2 Å². The molecule has 18 heavy (non-hydrogen) atoms. The highest BCUT2D eigenvalue weighted by Gasteiger charge is 2.18. The van der Waals surface area contributed by atoms with Crippen LogP contribution in [-0.4, -0.2) is 87.7 Å². The third kappa shape index (κ3) is 5.63. The van der Waals surface area contributed by atoms with Gasteiger partial charge in [0.25, 0.3) is 0 Å². The Balaban J connectivity index is 4.47. The number of likely N-dealkylation sites (N-methyl/N-ethyl adjacent to an activating group) is 1. The van der Waals surface area contributed by atoms with Gasteiger partial charge in [-0.2, -0.15) is 0 Å². The van der Waals surface area contributed by atoms with Gasteiger partial charge in [-0.3, -0.25) is 9.89 Å². The van der Waals surface area contributed by atoms with E-state index < -0.39 is 0 Å². The highest BCUT2D eigenvalue weighted by atomic mass is 15.4. The fourth-order valence-electron chi connectivity index (χ4n) is 1.87. The summed E-state index contributed by atoms with van der Waals surface area (Å²) in [5.41, 5.74) is 17.3. The second-order valence-electron chi connectivity index (χ2n) is 4.47. The van der Waals surface area contributed by atoms with Gasteiger partial charge in [-0.05, 0) is 0 Å². The molecule has 1 unspecified atom stereocenters. The van der Waals surface area contributed by atoms with E-state index in [9.17, 15) is 0 Å². The summed E-state index contributed by atoms with van der Waals surface area (Å²) in [4.78, 5) is 10.3. The van der Waals surface area contributed by atoms with Gasteiger partial charge in [0.1, 0.15) is 0 Å². The van der Waals surface area contributed by atoms with E-state index in [-0.39, 0.29) is 6.17 Å². The minimum Gasteiger partial charge on any atom is -0.349 e. The summed E-state index contributed by atoms with van der Waals surface area (Å²) in [5, 5.41) is 0. The Labute approximate surface area is 111 Å². The molecule has 0 aliphatic rings. The molecular weight excluding hydrogens is 230 g/mol. The Morgan fingerprint density at radius 1 is 1.11 bits per heavy atom. The maximum absolute atomic E-state index is 6.19. The molecule has 7 heteroatoms. The maximum atomic E-state index is 6.19. The predicted octanol–water partition coefficient (Wildman–Crippen LogP) is -2.03. The summed E-state index contributed by atoms with van der Waals surface area (Å²) >= 11 is 0. The van der Waals surface area contributed by atoms with Gasteiger partial charge in [-0.25, -0.2) is 0 Å². The quantitative estimate of drug-likeness (QED) is 0.277. The first-order valence-electron chi connectivity index (χ1n) is 6.22. The van der Waals surface area contributed by atoms with Crippen molar-refractivity contribution in [2.75, 3.05) is 60.9 Å². The van der Waals surface area contributed by atoms with Gasteiger partial charge in [0.05, 0.1) is 6.17 Å². The predicted molar refractivity (Wildman–Crippen MR) is 77.3 cm³/mol. The van der Waals surface area contributed by atoms with Gasteiger partial charge in [-0.15, -0.1) is 0 Å². The molecule has 0 heterocycles. The van der Waals surface area contributed by atoms with Crippen LogP contribution < -0.4 is 17.2 Å². The van der Waals surface area contributed by atoms with E-state index in [0.717, 1.165) is 25.6 Å². The van der Waals surface area contributed by atoms with Gasteiger partial charge in [0, 0.05) is 60.9 Å². The number of hydrogen-bond acceptors (Lipinski definition) is 5. The van der Waals surface area contributed by atoms with Crippen LogP contribution >= 0.6 is 0 Å². The topological polar surface area (TPSA) is 100 Å². The van der Waals surface area contributed by atoms with E-state index in [1.54, 1.807) is 7.05 Å². The standard InChI is InChI=1S/C11H29N7/c1-15-11(16(2)3)17(4)10(14)9-18(7-5-12)8-6-13/h10H,5-9,12-14H2,1-4H3. The fourth-order valence-corrected chi connectivity index (χ4v) is 1.87. The van der Waals surface area contributed by atoms with Gasteiger partial charge in [0.15, 0.2) is 5.96 Å². The smallest absolute Gasteiger partial charge is 0.196 e. The molecule has 0 aromatic rings. The van der Waals surface area contributed by atoms with Crippen molar-refractivity contribution in [2.24, 2.45) is 22.2 Å². The molecule has 6 N–H and O–H groups in total. The van der Waals surface area contributed by atoms with Crippen LogP contribution in [0, 0.1) is 0 Å². The summed E-state index contributed by atoms with van der Waals surface area (Å²) in [5.74, 6) is 0.850. The summed E-state index contributed by atoms with van der Waals surface area (Å²) in [6.45, 7) is 3.55. The molecule has 0 saturated carbocycles. The molecule has 0 saturated heterocycles. The lowest BCUT2D eigenvalue weighted by molar-refractivity contribution is 0.209. The summed E-state index contributed by atoms with van der Waals surface area (Å²) in [7, 11) is 7.60. The van der Waals surface area contributed by atoms with Crippen molar-refractivity contribution in [1.29, 1.82) is 0 Å². The van der Waals surface area contributed by atoms with Crippen LogP contribution in [-0.2, 0) is 0 Å². The number of aliphatic imine (C=N–C) groups is 1. The average molecular weight is 259 g/mol. The molecule has 1 atom stereocenters. The first-order valence-corrected chi connectivity index (χ1v) is 6.22. The molecule has 0 aliphatic heterocycles. The molecule has 0 aliphatic carbocycles.